The van der Waals surface area contributed by atoms with Crippen molar-refractivity contribution in [3.8, 4) is 0 Å². The van der Waals surface area contributed by atoms with Crippen LogP contribution in [0.15, 0.2) is 18.3 Å². The van der Waals surface area contributed by atoms with E-state index in [0.717, 1.165) is 24.6 Å². The Bertz CT molecular complexity index is 360. The van der Waals surface area contributed by atoms with Gasteiger partial charge in [-0.3, -0.25) is 0 Å². The summed E-state index contributed by atoms with van der Waals surface area (Å²) in [5, 5.41) is 3.23. The Labute approximate surface area is 115 Å². The molecule has 0 aliphatic carbocycles. The molecule has 0 amide bonds. The van der Waals surface area contributed by atoms with Crippen molar-refractivity contribution in [1.82, 2.24) is 4.98 Å². The molecule has 0 bridgehead atoms. The maximum absolute atomic E-state index is 5.25. The van der Waals surface area contributed by atoms with Crippen LogP contribution in [0.25, 0.3) is 0 Å². The molecule has 1 atom stereocenters. The van der Waals surface area contributed by atoms with Gasteiger partial charge in [0.25, 0.3) is 0 Å². The van der Waals surface area contributed by atoms with Crippen molar-refractivity contribution in [2.45, 2.75) is 19.9 Å². The molecule has 0 aromatic carbocycles. The third-order valence-electron chi connectivity index (χ3n) is 2.91. The molecule has 0 saturated carbocycles. The summed E-state index contributed by atoms with van der Waals surface area (Å²) in [4.78, 5) is 6.57. The number of anilines is 2. The second-order valence-corrected chi connectivity index (χ2v) is 4.42. The van der Waals surface area contributed by atoms with Gasteiger partial charge in [-0.1, -0.05) is 0 Å². The van der Waals surface area contributed by atoms with Gasteiger partial charge < -0.3 is 19.7 Å². The summed E-state index contributed by atoms with van der Waals surface area (Å²) < 4.78 is 10.4. The lowest BCUT2D eigenvalue weighted by Crippen LogP contribution is -2.38. The SMILES string of the molecule is CCNc1cc(N(CCOC)C(C)COC)ccn1. The van der Waals surface area contributed by atoms with Crippen LogP contribution in [0.3, 0.4) is 0 Å². The number of rotatable bonds is 9. The number of hydrogen-bond acceptors (Lipinski definition) is 5. The van der Waals surface area contributed by atoms with Crippen molar-refractivity contribution in [3.63, 3.8) is 0 Å². The van der Waals surface area contributed by atoms with Gasteiger partial charge in [0.1, 0.15) is 5.82 Å². The van der Waals surface area contributed by atoms with Crippen LogP contribution in [-0.2, 0) is 9.47 Å². The molecule has 0 fully saturated rings. The Kier molecular flexibility index (Phi) is 7.22. The molecular weight excluding hydrogens is 242 g/mol. The van der Waals surface area contributed by atoms with Crippen LogP contribution in [0, 0.1) is 0 Å². The Morgan fingerprint density at radius 1 is 1.37 bits per heavy atom. The highest BCUT2D eigenvalue weighted by Crippen LogP contribution is 2.19. The van der Waals surface area contributed by atoms with Crippen LogP contribution in [0.1, 0.15) is 13.8 Å². The van der Waals surface area contributed by atoms with Gasteiger partial charge in [0.15, 0.2) is 0 Å². The molecule has 1 aromatic heterocycles. The number of nitrogens with zero attached hydrogens (tertiary/aromatic N) is 2. The summed E-state index contributed by atoms with van der Waals surface area (Å²) in [5.74, 6) is 0.895. The summed E-state index contributed by atoms with van der Waals surface area (Å²) in [7, 11) is 3.44. The zero-order valence-corrected chi connectivity index (χ0v) is 12.3. The molecule has 0 aliphatic rings. The molecule has 0 spiro atoms. The van der Waals surface area contributed by atoms with E-state index in [1.54, 1.807) is 14.2 Å². The minimum absolute atomic E-state index is 0.289. The fourth-order valence-corrected chi connectivity index (χ4v) is 2.00. The number of pyridine rings is 1. The highest BCUT2D eigenvalue weighted by molar-refractivity contribution is 5.54. The first-order valence-electron chi connectivity index (χ1n) is 6.67. The van der Waals surface area contributed by atoms with Gasteiger partial charge in [0.05, 0.1) is 13.2 Å². The predicted octanol–water partition coefficient (Wildman–Crippen LogP) is 2.00. The average molecular weight is 267 g/mol. The van der Waals surface area contributed by atoms with Crippen LogP contribution >= 0.6 is 0 Å². The van der Waals surface area contributed by atoms with E-state index in [0.29, 0.717) is 13.2 Å². The molecule has 1 aromatic rings. The van der Waals surface area contributed by atoms with Gasteiger partial charge in [-0.05, 0) is 19.9 Å². The van der Waals surface area contributed by atoms with E-state index in [1.807, 2.05) is 12.3 Å². The Morgan fingerprint density at radius 2 is 2.16 bits per heavy atom. The number of hydrogen-bond donors (Lipinski definition) is 1. The topological polar surface area (TPSA) is 46.6 Å². The highest BCUT2D eigenvalue weighted by Gasteiger charge is 2.14. The average Bonchev–Trinajstić information content (AvgIpc) is 2.40. The number of nitrogens with one attached hydrogen (secondary N) is 1. The van der Waals surface area contributed by atoms with E-state index >= 15 is 0 Å². The standard InChI is InChI=1S/C14H25N3O2/c1-5-15-14-10-13(6-7-16-14)17(8-9-18-3)12(2)11-19-4/h6-7,10,12H,5,8-9,11H2,1-4H3,(H,15,16). The summed E-state index contributed by atoms with van der Waals surface area (Å²) in [6.45, 7) is 7.27. The summed E-state index contributed by atoms with van der Waals surface area (Å²) in [5.41, 5.74) is 1.13. The van der Waals surface area contributed by atoms with Gasteiger partial charge in [-0.2, -0.15) is 0 Å². The van der Waals surface area contributed by atoms with Crippen LogP contribution < -0.4 is 10.2 Å². The van der Waals surface area contributed by atoms with Crippen molar-refractivity contribution in [1.29, 1.82) is 0 Å². The van der Waals surface area contributed by atoms with Crippen LogP contribution in [-0.4, -0.2) is 51.5 Å². The van der Waals surface area contributed by atoms with Crippen LogP contribution in [0.5, 0.6) is 0 Å². The van der Waals surface area contributed by atoms with Crippen molar-refractivity contribution >= 4 is 11.5 Å². The fourth-order valence-electron chi connectivity index (χ4n) is 2.00. The van der Waals surface area contributed by atoms with Gasteiger partial charge in [0.2, 0.25) is 0 Å². The summed E-state index contributed by atoms with van der Waals surface area (Å²) in [6, 6.07) is 4.37. The maximum atomic E-state index is 5.25. The van der Waals surface area contributed by atoms with Gasteiger partial charge >= 0.3 is 0 Å². The molecule has 1 heterocycles. The van der Waals surface area contributed by atoms with Crippen molar-refractivity contribution in [2.24, 2.45) is 0 Å². The van der Waals surface area contributed by atoms with E-state index < -0.39 is 0 Å². The smallest absolute Gasteiger partial charge is 0.127 e. The Balaban J connectivity index is 2.85. The van der Waals surface area contributed by atoms with Crippen molar-refractivity contribution < 1.29 is 9.47 Å². The molecular formula is C14H25N3O2. The predicted molar refractivity (Wildman–Crippen MR) is 79.0 cm³/mol. The molecule has 0 aliphatic heterocycles. The number of ether oxygens (including phenoxy) is 2. The zero-order valence-electron chi connectivity index (χ0n) is 12.3. The fraction of sp³-hybridized carbons (Fsp3) is 0.643. The Morgan fingerprint density at radius 3 is 2.79 bits per heavy atom. The van der Waals surface area contributed by atoms with Gasteiger partial charge in [-0.15, -0.1) is 0 Å². The Hall–Kier alpha value is -1.33. The lowest BCUT2D eigenvalue weighted by atomic mass is 10.2. The highest BCUT2D eigenvalue weighted by atomic mass is 16.5. The number of methoxy groups -OCH3 is 2. The first-order valence-corrected chi connectivity index (χ1v) is 6.67. The lowest BCUT2D eigenvalue weighted by Gasteiger charge is -2.31. The molecule has 1 unspecified atom stereocenters. The van der Waals surface area contributed by atoms with Crippen molar-refractivity contribution in [3.05, 3.63) is 18.3 Å². The summed E-state index contributed by atoms with van der Waals surface area (Å²) in [6.07, 6.45) is 1.83. The normalized spacial score (nSPS) is 12.2. The molecule has 5 heteroatoms. The molecule has 5 nitrogen and oxygen atoms in total. The molecule has 108 valence electrons. The quantitative estimate of drug-likeness (QED) is 0.741. The van der Waals surface area contributed by atoms with Crippen LogP contribution in [0.4, 0.5) is 11.5 Å². The van der Waals surface area contributed by atoms with Gasteiger partial charge in [-0.25, -0.2) is 4.98 Å². The molecule has 0 radical (unpaired) electrons. The maximum Gasteiger partial charge on any atom is 0.127 e. The van der Waals surface area contributed by atoms with E-state index in [9.17, 15) is 0 Å². The largest absolute Gasteiger partial charge is 0.383 e. The first-order chi connectivity index (χ1) is 9.22. The minimum Gasteiger partial charge on any atom is -0.383 e. The lowest BCUT2D eigenvalue weighted by molar-refractivity contribution is 0.171. The van der Waals surface area contributed by atoms with E-state index in [2.05, 4.69) is 35.1 Å². The molecule has 0 saturated heterocycles. The minimum atomic E-state index is 0.289. The molecule has 1 rings (SSSR count). The third kappa shape index (κ3) is 5.04. The monoisotopic (exact) mass is 267 g/mol. The van der Waals surface area contributed by atoms with E-state index in [-0.39, 0.29) is 6.04 Å². The number of aromatic nitrogens is 1. The molecule has 19 heavy (non-hydrogen) atoms. The van der Waals surface area contributed by atoms with Crippen molar-refractivity contribution in [2.75, 3.05) is 50.7 Å². The summed E-state index contributed by atoms with van der Waals surface area (Å²) >= 11 is 0. The second kappa shape index (κ2) is 8.72. The third-order valence-corrected chi connectivity index (χ3v) is 2.91. The van der Waals surface area contributed by atoms with Crippen LogP contribution in [0.2, 0.25) is 0 Å². The second-order valence-electron chi connectivity index (χ2n) is 4.42. The van der Waals surface area contributed by atoms with Gasteiger partial charge in [0, 0.05) is 51.3 Å². The zero-order chi connectivity index (χ0) is 14.1. The first kappa shape index (κ1) is 15.7. The molecule has 1 N–H and O–H groups in total. The van der Waals surface area contributed by atoms with E-state index in [4.69, 9.17) is 9.47 Å². The van der Waals surface area contributed by atoms with E-state index in [1.165, 1.54) is 0 Å².